The van der Waals surface area contributed by atoms with E-state index in [0.717, 1.165) is 33.9 Å². The van der Waals surface area contributed by atoms with Gasteiger partial charge in [-0.15, -0.1) is 11.3 Å². The monoisotopic (exact) mass is 316 g/mol. The standard InChI is InChI=1S/C15H12N2O2S2/c18-15(19)8-1-2-10-11(5-8)17-14(16-10)13-6-9-7-20-4-3-12(9)21-13/h1-2,5-6H,3-4,7H2,(H,16,17)(H,18,19). The fourth-order valence-electron chi connectivity index (χ4n) is 2.52. The minimum atomic E-state index is -0.920. The van der Waals surface area contributed by atoms with E-state index >= 15 is 0 Å². The molecule has 4 nitrogen and oxygen atoms in total. The number of nitrogens with one attached hydrogen (secondary N) is 1. The third-order valence-corrected chi connectivity index (χ3v) is 5.84. The zero-order valence-corrected chi connectivity index (χ0v) is 12.7. The maximum absolute atomic E-state index is 11.0. The molecule has 0 radical (unpaired) electrons. The summed E-state index contributed by atoms with van der Waals surface area (Å²) in [6.07, 6.45) is 1.13. The van der Waals surface area contributed by atoms with Crippen molar-refractivity contribution in [3.05, 3.63) is 40.3 Å². The van der Waals surface area contributed by atoms with Gasteiger partial charge in [0.2, 0.25) is 0 Å². The van der Waals surface area contributed by atoms with Crippen molar-refractivity contribution in [2.24, 2.45) is 0 Å². The fraction of sp³-hybridized carbons (Fsp3) is 0.200. The average Bonchev–Trinajstić information content (AvgIpc) is 3.09. The third-order valence-electron chi connectivity index (χ3n) is 3.59. The number of thioether (sulfide) groups is 1. The lowest BCUT2D eigenvalue weighted by Gasteiger charge is -2.08. The molecule has 4 rings (SSSR count). The minimum absolute atomic E-state index is 0.277. The molecule has 0 spiro atoms. The summed E-state index contributed by atoms with van der Waals surface area (Å²) >= 11 is 3.76. The van der Waals surface area contributed by atoms with E-state index < -0.39 is 5.97 Å². The predicted octanol–water partition coefficient (Wildman–Crippen LogP) is 3.78. The molecule has 0 saturated carbocycles. The van der Waals surface area contributed by atoms with E-state index in [9.17, 15) is 4.79 Å². The van der Waals surface area contributed by atoms with Crippen molar-refractivity contribution >= 4 is 40.1 Å². The van der Waals surface area contributed by atoms with Crippen molar-refractivity contribution in [2.75, 3.05) is 5.75 Å². The molecule has 0 saturated heterocycles. The molecular weight excluding hydrogens is 304 g/mol. The molecule has 0 unspecified atom stereocenters. The van der Waals surface area contributed by atoms with Gasteiger partial charge >= 0.3 is 5.97 Å². The number of imidazole rings is 1. The van der Waals surface area contributed by atoms with Crippen molar-refractivity contribution < 1.29 is 9.90 Å². The van der Waals surface area contributed by atoms with Gasteiger partial charge in [-0.05, 0) is 42.0 Å². The summed E-state index contributed by atoms with van der Waals surface area (Å²) in [5.74, 6) is 2.18. The Labute approximate surface area is 129 Å². The first-order valence-electron chi connectivity index (χ1n) is 6.63. The van der Waals surface area contributed by atoms with Crippen LogP contribution in [0, 0.1) is 0 Å². The summed E-state index contributed by atoms with van der Waals surface area (Å²) in [6, 6.07) is 7.19. The lowest BCUT2D eigenvalue weighted by atomic mass is 10.2. The van der Waals surface area contributed by atoms with Crippen molar-refractivity contribution in [3.8, 4) is 10.7 Å². The molecule has 106 valence electrons. The number of nitrogens with zero attached hydrogens (tertiary/aromatic N) is 1. The molecule has 2 aromatic heterocycles. The molecule has 0 atom stereocenters. The Morgan fingerprint density at radius 1 is 1.33 bits per heavy atom. The number of aromatic amines is 1. The highest BCUT2D eigenvalue weighted by atomic mass is 32.2. The van der Waals surface area contributed by atoms with Crippen LogP contribution in [-0.2, 0) is 12.2 Å². The number of hydrogen-bond donors (Lipinski definition) is 2. The zero-order valence-electron chi connectivity index (χ0n) is 11.0. The Morgan fingerprint density at radius 2 is 2.24 bits per heavy atom. The van der Waals surface area contributed by atoms with Gasteiger partial charge < -0.3 is 10.1 Å². The van der Waals surface area contributed by atoms with Crippen LogP contribution < -0.4 is 0 Å². The Bertz CT molecular complexity index is 827. The van der Waals surface area contributed by atoms with Gasteiger partial charge in [0.25, 0.3) is 0 Å². The van der Waals surface area contributed by atoms with Gasteiger partial charge in [0.1, 0.15) is 5.82 Å². The summed E-state index contributed by atoms with van der Waals surface area (Å²) in [4.78, 5) is 21.4. The van der Waals surface area contributed by atoms with Gasteiger partial charge in [0.05, 0.1) is 21.5 Å². The molecule has 0 fully saturated rings. The third kappa shape index (κ3) is 2.24. The van der Waals surface area contributed by atoms with Crippen LogP contribution in [0.5, 0.6) is 0 Å². The van der Waals surface area contributed by atoms with Crippen LogP contribution in [0.25, 0.3) is 21.7 Å². The van der Waals surface area contributed by atoms with Crippen LogP contribution in [-0.4, -0.2) is 26.8 Å². The van der Waals surface area contributed by atoms with E-state index in [-0.39, 0.29) is 5.56 Å². The Morgan fingerprint density at radius 3 is 3.05 bits per heavy atom. The fourth-order valence-corrected chi connectivity index (χ4v) is 4.84. The van der Waals surface area contributed by atoms with Gasteiger partial charge in [-0.3, -0.25) is 0 Å². The highest BCUT2D eigenvalue weighted by Gasteiger charge is 2.16. The number of aryl methyl sites for hydroxylation is 1. The van der Waals surface area contributed by atoms with Crippen LogP contribution >= 0.6 is 23.1 Å². The number of carboxylic acid groups (broad SMARTS) is 1. The maximum Gasteiger partial charge on any atom is 0.335 e. The molecular formula is C15H12N2O2S2. The minimum Gasteiger partial charge on any atom is -0.478 e. The summed E-state index contributed by atoms with van der Waals surface area (Å²) < 4.78 is 0. The summed E-state index contributed by atoms with van der Waals surface area (Å²) in [6.45, 7) is 0. The number of H-pyrrole nitrogens is 1. The Balaban J connectivity index is 1.79. The van der Waals surface area contributed by atoms with Gasteiger partial charge in [0.15, 0.2) is 0 Å². The number of hydrogen-bond acceptors (Lipinski definition) is 4. The van der Waals surface area contributed by atoms with E-state index in [1.54, 1.807) is 29.5 Å². The molecule has 1 aromatic carbocycles. The predicted molar refractivity (Wildman–Crippen MR) is 86.2 cm³/mol. The average molecular weight is 316 g/mol. The quantitative estimate of drug-likeness (QED) is 0.755. The van der Waals surface area contributed by atoms with E-state index in [1.165, 1.54) is 16.2 Å². The molecule has 0 aliphatic carbocycles. The number of rotatable bonds is 2. The van der Waals surface area contributed by atoms with E-state index in [0.29, 0.717) is 0 Å². The number of carboxylic acids is 1. The first-order valence-corrected chi connectivity index (χ1v) is 8.60. The molecule has 0 amide bonds. The number of carbonyl (C=O) groups is 1. The van der Waals surface area contributed by atoms with Gasteiger partial charge in [-0.1, -0.05) is 0 Å². The maximum atomic E-state index is 11.0. The molecule has 1 aliphatic rings. The van der Waals surface area contributed by atoms with Crippen molar-refractivity contribution in [1.29, 1.82) is 0 Å². The summed E-state index contributed by atoms with van der Waals surface area (Å²) in [7, 11) is 0. The van der Waals surface area contributed by atoms with Crippen LogP contribution in [0.2, 0.25) is 0 Å². The summed E-state index contributed by atoms with van der Waals surface area (Å²) in [5, 5.41) is 9.04. The topological polar surface area (TPSA) is 66.0 Å². The highest BCUT2D eigenvalue weighted by Crippen LogP contribution is 2.36. The van der Waals surface area contributed by atoms with Crippen molar-refractivity contribution in [1.82, 2.24) is 9.97 Å². The second kappa shape index (κ2) is 4.89. The number of fused-ring (bicyclic) bond motifs is 2. The number of benzene rings is 1. The van der Waals surface area contributed by atoms with Crippen molar-refractivity contribution in [2.45, 2.75) is 12.2 Å². The first kappa shape index (κ1) is 12.9. The van der Waals surface area contributed by atoms with E-state index in [4.69, 9.17) is 5.11 Å². The van der Waals surface area contributed by atoms with Crippen molar-refractivity contribution in [3.63, 3.8) is 0 Å². The molecule has 1 aliphatic heterocycles. The van der Waals surface area contributed by atoms with E-state index in [1.807, 2.05) is 11.8 Å². The van der Waals surface area contributed by atoms with Crippen LogP contribution in [0.15, 0.2) is 24.3 Å². The second-order valence-corrected chi connectivity index (χ2v) is 7.23. The summed E-state index contributed by atoms with van der Waals surface area (Å²) in [5.41, 5.74) is 3.26. The molecule has 3 heterocycles. The van der Waals surface area contributed by atoms with Crippen LogP contribution in [0.3, 0.4) is 0 Å². The van der Waals surface area contributed by atoms with Crippen LogP contribution in [0.1, 0.15) is 20.8 Å². The number of aromatic carboxylic acids is 1. The zero-order chi connectivity index (χ0) is 14.4. The molecule has 3 aromatic rings. The van der Waals surface area contributed by atoms with E-state index in [2.05, 4.69) is 16.0 Å². The van der Waals surface area contributed by atoms with Gasteiger partial charge in [0, 0.05) is 10.6 Å². The lowest BCUT2D eigenvalue weighted by molar-refractivity contribution is 0.0697. The largest absolute Gasteiger partial charge is 0.478 e. The highest BCUT2D eigenvalue weighted by molar-refractivity contribution is 7.98. The smallest absolute Gasteiger partial charge is 0.335 e. The Hall–Kier alpha value is -1.79. The second-order valence-electron chi connectivity index (χ2n) is 4.98. The van der Waals surface area contributed by atoms with Gasteiger partial charge in [-0.2, -0.15) is 11.8 Å². The number of aromatic nitrogens is 2. The number of thiophene rings is 1. The first-order chi connectivity index (χ1) is 10.2. The lowest BCUT2D eigenvalue weighted by Crippen LogP contribution is -1.96. The Kier molecular flexibility index (Phi) is 3.01. The molecule has 6 heteroatoms. The normalized spacial score (nSPS) is 14.3. The SMILES string of the molecule is O=C(O)c1ccc2nc(-c3cc4c(s3)CCSC4)[nH]c2c1. The molecule has 0 bridgehead atoms. The molecule has 2 N–H and O–H groups in total. The van der Waals surface area contributed by atoms with Crippen LogP contribution in [0.4, 0.5) is 0 Å². The molecule has 21 heavy (non-hydrogen) atoms. The van der Waals surface area contributed by atoms with Gasteiger partial charge in [-0.25, -0.2) is 9.78 Å².